The zero-order valence-corrected chi connectivity index (χ0v) is 5.33. The molecule has 0 aliphatic heterocycles. The number of aromatic nitrogens is 2. The Labute approximate surface area is 112 Å². The molecule has 1 N–H and O–H groups in total. The van der Waals surface area contributed by atoms with E-state index in [1.165, 1.54) is 5.43 Å². The van der Waals surface area contributed by atoms with Crippen LogP contribution in [0.3, 0.4) is 0 Å². The van der Waals surface area contributed by atoms with Crippen LogP contribution >= 0.6 is 0 Å². The Morgan fingerprint density at radius 1 is 1.31 bits per heavy atom. The van der Waals surface area contributed by atoms with Gasteiger partial charge in [0.25, 0.3) is 0 Å². The standard InChI is InChI=1S/C2HN5O5.K.H/c8-6(9)2-1(3-7(10)11)4-12-5-2;;/h(H,3,4);;. The van der Waals surface area contributed by atoms with Crippen LogP contribution in [0, 0.1) is 20.2 Å². The molecule has 10 nitrogen and oxygen atoms in total. The predicted molar refractivity (Wildman–Crippen MR) is 38.7 cm³/mol. The van der Waals surface area contributed by atoms with E-state index in [9.17, 15) is 20.2 Å². The molecule has 0 spiro atoms. The third-order valence-corrected chi connectivity index (χ3v) is 0.841. The van der Waals surface area contributed by atoms with Gasteiger partial charge in [-0.1, -0.05) is 5.43 Å². The third kappa shape index (κ3) is 3.31. The summed E-state index contributed by atoms with van der Waals surface area (Å²) in [5.41, 5.74) is 1.45. The maximum absolute atomic E-state index is 10.0. The molecule has 1 rings (SSSR count). The van der Waals surface area contributed by atoms with Crippen molar-refractivity contribution >= 4 is 63.0 Å². The predicted octanol–water partition coefficient (Wildman–Crippen LogP) is -1.07. The Kier molecular flexibility index (Phi) is 4.93. The summed E-state index contributed by atoms with van der Waals surface area (Å²) in [5, 5.41) is 24.6. The molecule has 0 saturated heterocycles. The molecule has 0 amide bonds. The van der Waals surface area contributed by atoms with E-state index < -0.39 is 21.6 Å². The first-order valence-electron chi connectivity index (χ1n) is 2.49. The fourth-order valence-corrected chi connectivity index (χ4v) is 0.461. The van der Waals surface area contributed by atoms with Gasteiger partial charge in [-0.2, -0.15) is 0 Å². The summed E-state index contributed by atoms with van der Waals surface area (Å²) in [4.78, 5) is 18.9. The number of nitrogens with zero attached hydrogens (tertiary/aromatic N) is 4. The zero-order valence-electron chi connectivity index (χ0n) is 5.33. The molecule has 0 aliphatic carbocycles. The van der Waals surface area contributed by atoms with Gasteiger partial charge in [0.2, 0.25) is 0 Å². The van der Waals surface area contributed by atoms with Crippen molar-refractivity contribution in [1.82, 2.24) is 10.3 Å². The molecule has 0 unspecified atom stereocenters. The number of rotatable bonds is 3. The first-order chi connectivity index (χ1) is 5.61. The number of hydrogen-bond acceptors (Lipinski definition) is 7. The summed E-state index contributed by atoms with van der Waals surface area (Å²) >= 11 is 0. The van der Waals surface area contributed by atoms with E-state index >= 15 is 0 Å². The van der Waals surface area contributed by atoms with Crippen molar-refractivity contribution in [3.8, 4) is 0 Å². The summed E-state index contributed by atoms with van der Waals surface area (Å²) in [7, 11) is 0. The first kappa shape index (κ1) is 12.4. The molecule has 0 bridgehead atoms. The molecule has 1 heterocycles. The van der Waals surface area contributed by atoms with E-state index in [1.807, 2.05) is 0 Å². The van der Waals surface area contributed by atoms with Gasteiger partial charge in [0.1, 0.15) is 0 Å². The monoisotopic (exact) mass is 215 g/mol. The number of hydrazine groups is 1. The molecule has 0 radical (unpaired) electrons. The fraction of sp³-hybridized carbons (Fsp3) is 0. The van der Waals surface area contributed by atoms with Crippen LogP contribution in [0.25, 0.3) is 0 Å². The van der Waals surface area contributed by atoms with Crippen molar-refractivity contribution in [3.63, 3.8) is 0 Å². The molecule has 1 aromatic rings. The van der Waals surface area contributed by atoms with Gasteiger partial charge >= 0.3 is 63.0 Å². The van der Waals surface area contributed by atoms with Crippen molar-refractivity contribution < 1.29 is 14.6 Å². The van der Waals surface area contributed by atoms with Crippen LogP contribution in [0.15, 0.2) is 4.63 Å². The van der Waals surface area contributed by atoms with Crippen LogP contribution in [0.5, 0.6) is 0 Å². The quantitative estimate of drug-likeness (QED) is 0.382. The van der Waals surface area contributed by atoms with Crippen LogP contribution in [-0.2, 0) is 0 Å². The maximum atomic E-state index is 10.0. The summed E-state index contributed by atoms with van der Waals surface area (Å²) < 4.78 is 3.90. The number of nitrogens with one attached hydrogen (secondary N) is 1. The van der Waals surface area contributed by atoms with Crippen LogP contribution in [0.1, 0.15) is 0 Å². The molecule has 1 aromatic heterocycles. The molecule has 0 fully saturated rings. The molecule has 0 aliphatic rings. The van der Waals surface area contributed by atoms with Gasteiger partial charge in [-0.05, 0) is 4.92 Å². The molecular weight excluding hydrogens is 213 g/mol. The van der Waals surface area contributed by atoms with E-state index in [1.54, 1.807) is 0 Å². The van der Waals surface area contributed by atoms with Gasteiger partial charge in [-0.25, -0.2) is 10.1 Å². The second kappa shape index (κ2) is 5.18. The number of nitro groups is 2. The van der Waals surface area contributed by atoms with E-state index in [0.29, 0.717) is 0 Å². The molecular formula is C2H2KN5O5. The van der Waals surface area contributed by atoms with E-state index in [4.69, 9.17) is 0 Å². The Morgan fingerprint density at radius 3 is 2.38 bits per heavy atom. The summed E-state index contributed by atoms with van der Waals surface area (Å²) in [6, 6.07) is 0. The molecule has 0 atom stereocenters. The van der Waals surface area contributed by atoms with Crippen molar-refractivity contribution in [2.24, 2.45) is 0 Å². The summed E-state index contributed by atoms with van der Waals surface area (Å²) in [5.74, 6) is -1.46. The minimum atomic E-state index is -1.01. The fourth-order valence-electron chi connectivity index (χ4n) is 0.461. The number of hydrogen-bond donors (Lipinski definition) is 1. The Morgan fingerprint density at radius 2 is 1.92 bits per heavy atom. The molecule has 11 heteroatoms. The van der Waals surface area contributed by atoms with Crippen molar-refractivity contribution in [1.29, 1.82) is 0 Å². The van der Waals surface area contributed by atoms with Crippen LogP contribution in [-0.4, -0.2) is 71.7 Å². The van der Waals surface area contributed by atoms with Crippen molar-refractivity contribution in [2.45, 2.75) is 0 Å². The van der Waals surface area contributed by atoms with Crippen molar-refractivity contribution in [3.05, 3.63) is 20.2 Å². The van der Waals surface area contributed by atoms with Crippen LogP contribution < -0.4 is 5.43 Å². The molecule has 0 saturated carbocycles. The third-order valence-electron chi connectivity index (χ3n) is 0.841. The Bertz CT molecular complexity index is 322. The van der Waals surface area contributed by atoms with Gasteiger partial charge < -0.3 is 10.1 Å². The van der Waals surface area contributed by atoms with Gasteiger partial charge in [0, 0.05) is 5.16 Å². The second-order valence-corrected chi connectivity index (χ2v) is 1.56. The van der Waals surface area contributed by atoms with E-state index in [2.05, 4.69) is 14.9 Å². The Hall–Kier alpha value is -0.624. The summed E-state index contributed by atoms with van der Waals surface area (Å²) in [6.45, 7) is 0. The first-order valence-corrected chi connectivity index (χ1v) is 2.49. The molecule has 0 aromatic carbocycles. The second-order valence-electron chi connectivity index (χ2n) is 1.56. The van der Waals surface area contributed by atoms with Gasteiger partial charge in [0.15, 0.2) is 10.2 Å². The normalized spacial score (nSPS) is 8.62. The van der Waals surface area contributed by atoms with Gasteiger partial charge in [0.05, 0.1) is 0 Å². The Balaban J connectivity index is 0.00000144. The topological polar surface area (TPSA) is 137 Å². The zero-order chi connectivity index (χ0) is 9.14. The average molecular weight is 215 g/mol. The van der Waals surface area contributed by atoms with Gasteiger partial charge in [-0.15, -0.1) is 4.63 Å². The average Bonchev–Trinajstić information content (AvgIpc) is 2.33. The number of anilines is 1. The molecule has 66 valence electrons. The minimum absolute atomic E-state index is 0. The van der Waals surface area contributed by atoms with Gasteiger partial charge in [-0.3, -0.25) is 0 Å². The molecule has 13 heavy (non-hydrogen) atoms. The van der Waals surface area contributed by atoms with Crippen LogP contribution in [0.2, 0.25) is 0 Å². The van der Waals surface area contributed by atoms with E-state index in [-0.39, 0.29) is 51.4 Å². The SMILES string of the molecule is O=[N+]([O-])Nc1nonc1[N+](=O)[O-].[KH]. The summed E-state index contributed by atoms with van der Waals surface area (Å²) in [6.07, 6.45) is 0. The van der Waals surface area contributed by atoms with Crippen LogP contribution in [0.4, 0.5) is 11.6 Å². The van der Waals surface area contributed by atoms with Crippen molar-refractivity contribution in [2.75, 3.05) is 5.43 Å². The van der Waals surface area contributed by atoms with E-state index in [0.717, 1.165) is 0 Å².